The first-order valence-electron chi connectivity index (χ1n) is 7.47. The number of nitrogens with one attached hydrogen (secondary N) is 1. The van der Waals surface area contributed by atoms with Gasteiger partial charge in [0, 0.05) is 13.2 Å². The number of aliphatic hydroxyl groups is 1. The summed E-state index contributed by atoms with van der Waals surface area (Å²) >= 11 is 0. The van der Waals surface area contributed by atoms with Crippen molar-refractivity contribution in [2.75, 3.05) is 39.4 Å². The Kier molecular flexibility index (Phi) is 6.02. The number of aryl methyl sites for hydroxylation is 1. The second-order valence-corrected chi connectivity index (χ2v) is 5.59. The van der Waals surface area contributed by atoms with Gasteiger partial charge in [-0.2, -0.15) is 0 Å². The fourth-order valence-corrected chi connectivity index (χ4v) is 2.53. The highest BCUT2D eigenvalue weighted by Gasteiger charge is 2.22. The summed E-state index contributed by atoms with van der Waals surface area (Å²) in [4.78, 5) is 13.9. The van der Waals surface area contributed by atoms with Gasteiger partial charge in [-0.15, -0.1) is 0 Å². The normalized spacial score (nSPS) is 18.7. The molecule has 1 heterocycles. The summed E-state index contributed by atoms with van der Waals surface area (Å²) in [5.74, 6) is 1.17. The molecule has 1 aliphatic rings. The average molecular weight is 292 g/mol. The molecule has 1 saturated heterocycles. The van der Waals surface area contributed by atoms with Crippen molar-refractivity contribution in [2.24, 2.45) is 5.92 Å². The van der Waals surface area contributed by atoms with E-state index in [9.17, 15) is 4.79 Å². The maximum absolute atomic E-state index is 11.8. The lowest BCUT2D eigenvalue weighted by atomic mass is 10.1. The molecule has 0 aromatic heterocycles. The average Bonchev–Trinajstić information content (AvgIpc) is 2.91. The molecular weight excluding hydrogens is 268 g/mol. The van der Waals surface area contributed by atoms with Crippen LogP contribution in [0.5, 0.6) is 5.75 Å². The maximum atomic E-state index is 11.8. The predicted molar refractivity (Wildman–Crippen MR) is 81.3 cm³/mol. The number of hydrogen-bond acceptors (Lipinski definition) is 4. The van der Waals surface area contributed by atoms with Gasteiger partial charge < -0.3 is 15.2 Å². The Morgan fingerprint density at radius 2 is 2.38 bits per heavy atom. The van der Waals surface area contributed by atoms with Gasteiger partial charge in [-0.3, -0.25) is 9.69 Å². The van der Waals surface area contributed by atoms with Crippen LogP contribution in [-0.2, 0) is 4.79 Å². The Morgan fingerprint density at radius 1 is 1.52 bits per heavy atom. The summed E-state index contributed by atoms with van der Waals surface area (Å²) < 4.78 is 5.58. The Bertz CT molecular complexity index is 465. The largest absolute Gasteiger partial charge is 0.492 e. The number of rotatable bonds is 7. The standard InChI is InChI=1S/C16H24N2O3/c1-13-3-2-4-15(9-13)21-8-6-17-16(20)11-18-7-5-14(10-18)12-19/h2-4,9,14,19H,5-8,10-12H2,1H3,(H,17,20). The first kappa shape index (κ1) is 15.8. The summed E-state index contributed by atoms with van der Waals surface area (Å²) in [6.45, 7) is 5.30. The number of amides is 1. The van der Waals surface area contributed by atoms with E-state index in [1.165, 1.54) is 0 Å². The van der Waals surface area contributed by atoms with Gasteiger partial charge >= 0.3 is 0 Å². The number of nitrogens with zero attached hydrogens (tertiary/aromatic N) is 1. The lowest BCUT2D eigenvalue weighted by Crippen LogP contribution is -2.37. The van der Waals surface area contributed by atoms with E-state index in [2.05, 4.69) is 10.2 Å². The summed E-state index contributed by atoms with van der Waals surface area (Å²) in [6, 6.07) is 7.85. The van der Waals surface area contributed by atoms with Gasteiger partial charge in [-0.1, -0.05) is 12.1 Å². The molecule has 21 heavy (non-hydrogen) atoms. The third kappa shape index (κ3) is 5.36. The Balaban J connectivity index is 1.59. The summed E-state index contributed by atoms with van der Waals surface area (Å²) in [5, 5.41) is 11.9. The smallest absolute Gasteiger partial charge is 0.234 e. The van der Waals surface area contributed by atoms with E-state index in [0.29, 0.717) is 25.6 Å². The Hall–Kier alpha value is -1.59. The zero-order chi connectivity index (χ0) is 15.1. The fraction of sp³-hybridized carbons (Fsp3) is 0.562. The van der Waals surface area contributed by atoms with Crippen LogP contribution in [0, 0.1) is 12.8 Å². The molecule has 0 saturated carbocycles. The van der Waals surface area contributed by atoms with Crippen molar-refractivity contribution in [3.05, 3.63) is 29.8 Å². The summed E-state index contributed by atoms with van der Waals surface area (Å²) in [6.07, 6.45) is 0.972. The van der Waals surface area contributed by atoms with E-state index in [1.807, 2.05) is 31.2 Å². The number of likely N-dealkylation sites (tertiary alicyclic amines) is 1. The molecule has 2 rings (SSSR count). The molecule has 116 valence electrons. The van der Waals surface area contributed by atoms with Crippen LogP contribution in [0.2, 0.25) is 0 Å². The molecule has 0 bridgehead atoms. The second-order valence-electron chi connectivity index (χ2n) is 5.59. The zero-order valence-corrected chi connectivity index (χ0v) is 12.5. The van der Waals surface area contributed by atoms with E-state index in [0.717, 1.165) is 30.8 Å². The quantitative estimate of drug-likeness (QED) is 0.730. The highest BCUT2D eigenvalue weighted by Crippen LogP contribution is 2.14. The molecule has 5 heteroatoms. The molecule has 2 N–H and O–H groups in total. The van der Waals surface area contributed by atoms with Crippen LogP contribution >= 0.6 is 0 Å². The van der Waals surface area contributed by atoms with E-state index in [4.69, 9.17) is 9.84 Å². The van der Waals surface area contributed by atoms with Crippen molar-refractivity contribution in [3.63, 3.8) is 0 Å². The van der Waals surface area contributed by atoms with Crippen molar-refractivity contribution in [1.29, 1.82) is 0 Å². The molecule has 0 aliphatic carbocycles. The highest BCUT2D eigenvalue weighted by molar-refractivity contribution is 5.78. The van der Waals surface area contributed by atoms with Gasteiger partial charge in [0.25, 0.3) is 0 Å². The molecule has 1 unspecified atom stereocenters. The van der Waals surface area contributed by atoms with Gasteiger partial charge in [0.05, 0.1) is 13.1 Å². The molecule has 0 spiro atoms. The van der Waals surface area contributed by atoms with Crippen molar-refractivity contribution in [3.8, 4) is 5.75 Å². The van der Waals surface area contributed by atoms with Crippen LogP contribution in [0.3, 0.4) is 0 Å². The van der Waals surface area contributed by atoms with E-state index in [-0.39, 0.29) is 12.5 Å². The monoisotopic (exact) mass is 292 g/mol. The second kappa shape index (κ2) is 8.00. The van der Waals surface area contributed by atoms with Gasteiger partial charge in [0.2, 0.25) is 5.91 Å². The van der Waals surface area contributed by atoms with Crippen LogP contribution in [-0.4, -0.2) is 55.3 Å². The number of carbonyl (C=O) groups excluding carboxylic acids is 1. The molecule has 1 fully saturated rings. The van der Waals surface area contributed by atoms with Crippen molar-refractivity contribution >= 4 is 5.91 Å². The number of carbonyl (C=O) groups is 1. The maximum Gasteiger partial charge on any atom is 0.234 e. The summed E-state index contributed by atoms with van der Waals surface area (Å²) in [5.41, 5.74) is 1.16. The molecule has 0 radical (unpaired) electrons. The van der Waals surface area contributed by atoms with Crippen LogP contribution in [0.4, 0.5) is 0 Å². The predicted octanol–water partition coefficient (Wildman–Crippen LogP) is 0.804. The van der Waals surface area contributed by atoms with E-state index < -0.39 is 0 Å². The van der Waals surface area contributed by atoms with Gasteiger partial charge in [-0.05, 0) is 43.5 Å². The fourth-order valence-electron chi connectivity index (χ4n) is 2.53. The van der Waals surface area contributed by atoms with Gasteiger partial charge in [-0.25, -0.2) is 0 Å². The Labute approximate surface area is 125 Å². The molecule has 1 amide bonds. The number of hydrogen-bond donors (Lipinski definition) is 2. The third-order valence-corrected chi connectivity index (χ3v) is 3.68. The lowest BCUT2D eigenvalue weighted by molar-refractivity contribution is -0.122. The topological polar surface area (TPSA) is 61.8 Å². The van der Waals surface area contributed by atoms with E-state index in [1.54, 1.807) is 0 Å². The number of ether oxygens (including phenoxy) is 1. The SMILES string of the molecule is Cc1cccc(OCCNC(=O)CN2CCC(CO)C2)c1. The van der Waals surface area contributed by atoms with Crippen LogP contribution in [0.15, 0.2) is 24.3 Å². The molecule has 1 atom stereocenters. The minimum absolute atomic E-state index is 0.0152. The Morgan fingerprint density at radius 3 is 3.10 bits per heavy atom. The van der Waals surface area contributed by atoms with Crippen molar-refractivity contribution in [2.45, 2.75) is 13.3 Å². The zero-order valence-electron chi connectivity index (χ0n) is 12.5. The van der Waals surface area contributed by atoms with Gasteiger partial charge in [0.1, 0.15) is 12.4 Å². The first-order valence-corrected chi connectivity index (χ1v) is 7.47. The lowest BCUT2D eigenvalue weighted by Gasteiger charge is -2.15. The molecule has 5 nitrogen and oxygen atoms in total. The van der Waals surface area contributed by atoms with Crippen molar-refractivity contribution < 1.29 is 14.6 Å². The minimum Gasteiger partial charge on any atom is -0.492 e. The first-order chi connectivity index (χ1) is 10.2. The minimum atomic E-state index is 0.0152. The third-order valence-electron chi connectivity index (χ3n) is 3.68. The van der Waals surface area contributed by atoms with E-state index >= 15 is 0 Å². The molecule has 1 aromatic carbocycles. The highest BCUT2D eigenvalue weighted by atomic mass is 16.5. The van der Waals surface area contributed by atoms with Crippen molar-refractivity contribution in [1.82, 2.24) is 10.2 Å². The number of benzene rings is 1. The van der Waals surface area contributed by atoms with Crippen LogP contribution in [0.25, 0.3) is 0 Å². The van der Waals surface area contributed by atoms with Crippen LogP contribution < -0.4 is 10.1 Å². The molecule has 1 aliphatic heterocycles. The van der Waals surface area contributed by atoms with Gasteiger partial charge in [0.15, 0.2) is 0 Å². The number of aliphatic hydroxyl groups excluding tert-OH is 1. The molecular formula is C16H24N2O3. The van der Waals surface area contributed by atoms with Crippen LogP contribution in [0.1, 0.15) is 12.0 Å². The summed E-state index contributed by atoms with van der Waals surface area (Å²) in [7, 11) is 0. The molecule has 1 aromatic rings.